The Morgan fingerprint density at radius 2 is 1.81 bits per heavy atom. The van der Waals surface area contributed by atoms with Crippen molar-refractivity contribution in [1.29, 1.82) is 0 Å². The van der Waals surface area contributed by atoms with Gasteiger partial charge in [0.2, 0.25) is 5.91 Å². The van der Waals surface area contributed by atoms with Gasteiger partial charge in [-0.15, -0.1) is 0 Å². The van der Waals surface area contributed by atoms with Gasteiger partial charge in [0, 0.05) is 76.7 Å². The van der Waals surface area contributed by atoms with Gasteiger partial charge < -0.3 is 39.2 Å². The second-order valence-electron chi connectivity index (χ2n) is 14.9. The lowest BCUT2D eigenvalue weighted by atomic mass is 9.42. The summed E-state index contributed by atoms with van der Waals surface area (Å²) in [4.78, 5) is 40.2. The third-order valence-electron chi connectivity index (χ3n) is 13.3. The summed E-state index contributed by atoms with van der Waals surface area (Å²) in [5, 5.41) is 29.3. The van der Waals surface area contributed by atoms with E-state index in [1.54, 1.807) is 45.6 Å². The van der Waals surface area contributed by atoms with E-state index in [0.717, 1.165) is 0 Å². The predicted octanol–water partition coefficient (Wildman–Crippen LogP) is 2.01. The maximum Gasteiger partial charge on any atom is 0.340 e. The van der Waals surface area contributed by atoms with Crippen LogP contribution >= 0.6 is 0 Å². The highest BCUT2D eigenvalue weighted by Crippen LogP contribution is 2.80. The largest absolute Gasteiger partial charge is 0.462 e. The van der Waals surface area contributed by atoms with Crippen LogP contribution in [-0.2, 0) is 33.3 Å². The van der Waals surface area contributed by atoms with Gasteiger partial charge in [0.15, 0.2) is 0 Å². The standard InChI is InChI=1S/C35H48N2O10/c1-7-37-16-32(17-46-30(40)20-10-8-9-11-23(20)36-18(2)38)13-12-25(43-4)34-22-14-21-24(47-19(3)39)15-33(41,26(22)27(21)44-5)35(42,31(34)37)29(45-6)28(32)34/h8-11,21-22,24-29,31,41-42H,7,12-17H2,1-6H3,(H,36,38)/t21-,22-,24+,25+,26-,27+,28-,29+,31?,32+,33-,34+,35-/m1/s1. The number of esters is 2. The molecule has 0 aromatic heterocycles. The Balaban J connectivity index is 1.37. The van der Waals surface area contributed by atoms with Crippen LogP contribution in [0.3, 0.4) is 0 Å². The second kappa shape index (κ2) is 11.2. The van der Waals surface area contributed by atoms with E-state index < -0.39 is 64.2 Å². The summed E-state index contributed by atoms with van der Waals surface area (Å²) in [6.45, 7) is 5.97. The number of aliphatic hydroxyl groups is 2. The van der Waals surface area contributed by atoms with E-state index in [2.05, 4.69) is 10.2 Å². The summed E-state index contributed by atoms with van der Waals surface area (Å²) in [5.41, 5.74) is -4.18. The summed E-state index contributed by atoms with van der Waals surface area (Å²) < 4.78 is 31.0. The van der Waals surface area contributed by atoms with Gasteiger partial charge in [-0.05, 0) is 43.9 Å². The van der Waals surface area contributed by atoms with Gasteiger partial charge in [-0.2, -0.15) is 0 Å². The normalized spacial score (nSPS) is 45.7. The van der Waals surface area contributed by atoms with Crippen LogP contribution in [0, 0.1) is 34.5 Å². The fraction of sp³-hybridized carbons (Fsp3) is 0.743. The fourth-order valence-corrected chi connectivity index (χ4v) is 12.3. The van der Waals surface area contributed by atoms with Crippen LogP contribution in [0.25, 0.3) is 0 Å². The molecule has 13 atom stereocenters. The zero-order chi connectivity index (χ0) is 33.7. The topological polar surface area (TPSA) is 153 Å². The molecule has 6 aliphatic rings. The molecule has 1 unspecified atom stereocenters. The van der Waals surface area contributed by atoms with Gasteiger partial charge in [0.05, 0.1) is 42.2 Å². The van der Waals surface area contributed by atoms with E-state index in [4.69, 9.17) is 23.7 Å². The molecule has 1 saturated heterocycles. The number of likely N-dealkylation sites (tertiary alicyclic amines) is 1. The van der Waals surface area contributed by atoms with Crippen LogP contribution < -0.4 is 5.32 Å². The van der Waals surface area contributed by atoms with Crippen molar-refractivity contribution in [2.24, 2.45) is 34.5 Å². The Bertz CT molecular complexity index is 1460. The van der Waals surface area contributed by atoms with Crippen LogP contribution in [0.1, 0.15) is 56.8 Å². The second-order valence-corrected chi connectivity index (χ2v) is 14.9. The highest BCUT2D eigenvalue weighted by molar-refractivity contribution is 6.00. The van der Waals surface area contributed by atoms with Crippen molar-refractivity contribution in [3.8, 4) is 0 Å². The SMILES string of the molecule is CCN1C[C@]2(COC(=O)c3ccccc3NC(C)=O)CC[C@H](OC)[C@]34C1[C@](O)([C@@H](OC)[C@H]23)[C@@]1(O)C[C@H](OC(C)=O)[C@H]2C[C@@H]4[C@@H]1[C@H]2OC. The van der Waals surface area contributed by atoms with Crippen molar-refractivity contribution in [2.75, 3.05) is 46.3 Å². The maximum atomic E-state index is 13.7. The molecule has 3 N–H and O–H groups in total. The molecule has 7 bridgehead atoms. The highest BCUT2D eigenvalue weighted by atomic mass is 16.6. The van der Waals surface area contributed by atoms with Gasteiger partial charge in [0.1, 0.15) is 17.3 Å². The Morgan fingerprint density at radius 1 is 1.06 bits per heavy atom. The third kappa shape index (κ3) is 4.06. The van der Waals surface area contributed by atoms with Crippen LogP contribution in [0.2, 0.25) is 0 Å². The fourth-order valence-electron chi connectivity index (χ4n) is 12.3. The Labute approximate surface area is 275 Å². The van der Waals surface area contributed by atoms with Crippen LogP contribution in [0.4, 0.5) is 5.69 Å². The molecule has 1 spiro atoms. The number of nitrogens with zero attached hydrogens (tertiary/aromatic N) is 1. The summed E-state index contributed by atoms with van der Waals surface area (Å²) in [5.74, 6) is -2.39. The summed E-state index contributed by atoms with van der Waals surface area (Å²) in [7, 11) is 4.92. The van der Waals surface area contributed by atoms with Crippen molar-refractivity contribution in [2.45, 2.75) is 88.1 Å². The number of rotatable bonds is 9. The van der Waals surface area contributed by atoms with Crippen LogP contribution in [0.5, 0.6) is 0 Å². The van der Waals surface area contributed by atoms with Gasteiger partial charge in [-0.3, -0.25) is 14.5 Å². The quantitative estimate of drug-likeness (QED) is 0.335. The lowest BCUT2D eigenvalue weighted by Gasteiger charge is -2.70. The first-order chi connectivity index (χ1) is 22.4. The van der Waals surface area contributed by atoms with Crippen molar-refractivity contribution in [3.05, 3.63) is 29.8 Å². The zero-order valence-electron chi connectivity index (χ0n) is 28.1. The number of carbonyl (C=O) groups is 3. The first-order valence-electron chi connectivity index (χ1n) is 16.9. The van der Waals surface area contributed by atoms with E-state index in [0.29, 0.717) is 38.0 Å². The number of methoxy groups -OCH3 is 3. The average molecular weight is 657 g/mol. The van der Waals surface area contributed by atoms with Crippen LogP contribution in [0.15, 0.2) is 24.3 Å². The summed E-state index contributed by atoms with van der Waals surface area (Å²) in [6, 6.07) is 6.25. The van der Waals surface area contributed by atoms with Gasteiger partial charge >= 0.3 is 11.9 Å². The molecule has 5 aliphatic carbocycles. The molecule has 5 saturated carbocycles. The minimum absolute atomic E-state index is 0.0608. The molecule has 12 nitrogen and oxygen atoms in total. The number of benzene rings is 1. The molecule has 6 fully saturated rings. The van der Waals surface area contributed by atoms with E-state index >= 15 is 0 Å². The predicted molar refractivity (Wildman–Crippen MR) is 167 cm³/mol. The lowest BCUT2D eigenvalue weighted by molar-refractivity contribution is -0.319. The molecule has 1 aromatic carbocycles. The Hall–Kier alpha value is -2.61. The number of hydrogen-bond acceptors (Lipinski definition) is 11. The molecule has 1 heterocycles. The number of carbonyl (C=O) groups excluding carboxylic acids is 3. The molecular formula is C35H48N2O10. The molecule has 12 heteroatoms. The molecule has 1 amide bonds. The maximum absolute atomic E-state index is 13.7. The van der Waals surface area contributed by atoms with Crippen molar-refractivity contribution in [1.82, 2.24) is 4.90 Å². The number of piperidine rings is 1. The van der Waals surface area contributed by atoms with Gasteiger partial charge in [-0.1, -0.05) is 19.1 Å². The first kappa shape index (κ1) is 32.9. The highest BCUT2D eigenvalue weighted by Gasteiger charge is 2.91. The smallest absolute Gasteiger partial charge is 0.340 e. The zero-order valence-corrected chi connectivity index (χ0v) is 28.1. The molecular weight excluding hydrogens is 608 g/mol. The number of fused-ring (bicyclic) bond motifs is 2. The number of amides is 1. The summed E-state index contributed by atoms with van der Waals surface area (Å²) in [6.07, 6.45) is -0.168. The van der Waals surface area contributed by atoms with E-state index in [-0.39, 0.29) is 48.4 Å². The monoisotopic (exact) mass is 656 g/mol. The number of para-hydroxylation sites is 1. The minimum atomic E-state index is -1.78. The Kier molecular flexibility index (Phi) is 7.85. The molecule has 7 rings (SSSR count). The van der Waals surface area contributed by atoms with Crippen molar-refractivity contribution < 1.29 is 48.3 Å². The first-order valence-corrected chi connectivity index (χ1v) is 16.9. The molecule has 258 valence electrons. The third-order valence-corrected chi connectivity index (χ3v) is 13.3. The lowest BCUT2D eigenvalue weighted by Crippen LogP contribution is -2.82. The number of anilines is 1. The van der Waals surface area contributed by atoms with Crippen LogP contribution in [-0.4, -0.2) is 116 Å². The van der Waals surface area contributed by atoms with Gasteiger partial charge in [0.25, 0.3) is 0 Å². The summed E-state index contributed by atoms with van der Waals surface area (Å²) >= 11 is 0. The van der Waals surface area contributed by atoms with Crippen molar-refractivity contribution >= 4 is 23.5 Å². The molecule has 1 aromatic rings. The number of nitrogens with one attached hydrogen (secondary N) is 1. The number of ether oxygens (including phenoxy) is 5. The molecule has 1 aliphatic heterocycles. The average Bonchev–Trinajstić information content (AvgIpc) is 3.46. The van der Waals surface area contributed by atoms with Crippen molar-refractivity contribution in [3.63, 3.8) is 0 Å². The van der Waals surface area contributed by atoms with E-state index in [1.165, 1.54) is 13.8 Å². The Morgan fingerprint density at radius 3 is 2.45 bits per heavy atom. The van der Waals surface area contributed by atoms with Gasteiger partial charge in [-0.25, -0.2) is 4.79 Å². The molecule has 47 heavy (non-hydrogen) atoms. The van der Waals surface area contributed by atoms with E-state index in [9.17, 15) is 24.6 Å². The minimum Gasteiger partial charge on any atom is -0.462 e. The number of likely N-dealkylation sites (N-methyl/N-ethyl adjacent to an activating group) is 1. The number of hydrogen-bond donors (Lipinski definition) is 3. The molecule has 0 radical (unpaired) electrons. The van der Waals surface area contributed by atoms with E-state index in [1.807, 2.05) is 6.92 Å².